The Kier molecular flexibility index (Phi) is 4.53. The van der Waals surface area contributed by atoms with Crippen molar-refractivity contribution in [3.8, 4) is 5.75 Å². The molecule has 2 rings (SSSR count). The third kappa shape index (κ3) is 3.19. The van der Waals surface area contributed by atoms with Crippen LogP contribution < -0.4 is 4.74 Å². The van der Waals surface area contributed by atoms with Gasteiger partial charge in [-0.05, 0) is 44.0 Å². The smallest absolute Gasteiger partial charge is 0.307 e. The van der Waals surface area contributed by atoms with Crippen LogP contribution in [0.2, 0.25) is 0 Å². The van der Waals surface area contributed by atoms with Crippen LogP contribution in [0.5, 0.6) is 5.75 Å². The molecular formula is C14H19NO5S. The minimum atomic E-state index is -3.69. The first kappa shape index (κ1) is 15.8. The standard InChI is InChI=1S/C14H19NO5S/c1-10-3-4-11(14(16)17)9-15(10)21(18,19)13-7-5-12(20-2)6-8-13/h5-8,10-11H,3-4,9H2,1-2H3,(H,16,17). The second kappa shape index (κ2) is 6.03. The van der Waals surface area contributed by atoms with Gasteiger partial charge in [0.15, 0.2) is 0 Å². The predicted molar refractivity (Wildman–Crippen MR) is 76.7 cm³/mol. The molecule has 0 bridgehead atoms. The quantitative estimate of drug-likeness (QED) is 0.912. The Bertz CT molecular complexity index is 611. The summed E-state index contributed by atoms with van der Waals surface area (Å²) in [6.45, 7) is 1.82. The summed E-state index contributed by atoms with van der Waals surface area (Å²) in [6, 6.07) is 5.91. The largest absolute Gasteiger partial charge is 0.497 e. The van der Waals surface area contributed by atoms with Crippen LogP contribution >= 0.6 is 0 Å². The molecule has 1 aliphatic rings. The zero-order valence-corrected chi connectivity index (χ0v) is 12.8. The van der Waals surface area contributed by atoms with Crippen LogP contribution in [0.3, 0.4) is 0 Å². The highest BCUT2D eigenvalue weighted by molar-refractivity contribution is 7.89. The molecule has 1 aliphatic heterocycles. The van der Waals surface area contributed by atoms with Gasteiger partial charge in [0.05, 0.1) is 17.9 Å². The Labute approximate surface area is 124 Å². The van der Waals surface area contributed by atoms with Crippen molar-refractivity contribution in [2.45, 2.75) is 30.7 Å². The molecule has 2 atom stereocenters. The monoisotopic (exact) mass is 313 g/mol. The second-order valence-corrected chi connectivity index (χ2v) is 7.10. The molecule has 1 heterocycles. The van der Waals surface area contributed by atoms with E-state index in [9.17, 15) is 13.2 Å². The highest BCUT2D eigenvalue weighted by Crippen LogP contribution is 2.29. The number of sulfonamides is 1. The zero-order chi connectivity index (χ0) is 15.6. The molecule has 116 valence electrons. The van der Waals surface area contributed by atoms with E-state index in [0.29, 0.717) is 18.6 Å². The van der Waals surface area contributed by atoms with Gasteiger partial charge in [0.2, 0.25) is 10.0 Å². The van der Waals surface area contributed by atoms with Crippen LogP contribution in [-0.2, 0) is 14.8 Å². The maximum absolute atomic E-state index is 12.7. The molecule has 0 aliphatic carbocycles. The van der Waals surface area contributed by atoms with Gasteiger partial charge < -0.3 is 9.84 Å². The fraction of sp³-hybridized carbons (Fsp3) is 0.500. The molecule has 1 saturated heterocycles. The number of hydrogen-bond acceptors (Lipinski definition) is 4. The van der Waals surface area contributed by atoms with Crippen molar-refractivity contribution in [2.24, 2.45) is 5.92 Å². The first-order valence-electron chi connectivity index (χ1n) is 6.75. The fourth-order valence-electron chi connectivity index (χ4n) is 2.49. The maximum atomic E-state index is 12.7. The van der Waals surface area contributed by atoms with Gasteiger partial charge in [-0.25, -0.2) is 8.42 Å². The minimum absolute atomic E-state index is 0.0187. The Hall–Kier alpha value is -1.60. The van der Waals surface area contributed by atoms with E-state index in [0.717, 1.165) is 0 Å². The first-order valence-corrected chi connectivity index (χ1v) is 8.19. The molecule has 21 heavy (non-hydrogen) atoms. The number of aliphatic carboxylic acids is 1. The molecule has 1 fully saturated rings. The Balaban J connectivity index is 2.29. The number of nitrogens with zero attached hydrogens (tertiary/aromatic N) is 1. The van der Waals surface area contributed by atoms with Crippen molar-refractivity contribution in [1.29, 1.82) is 0 Å². The van der Waals surface area contributed by atoms with Crippen LogP contribution in [0.1, 0.15) is 19.8 Å². The van der Waals surface area contributed by atoms with Gasteiger partial charge in [0, 0.05) is 12.6 Å². The first-order chi connectivity index (χ1) is 9.86. The predicted octanol–water partition coefficient (Wildman–Crippen LogP) is 1.57. The maximum Gasteiger partial charge on any atom is 0.307 e. The van der Waals surface area contributed by atoms with Crippen molar-refractivity contribution in [1.82, 2.24) is 4.31 Å². The van der Waals surface area contributed by atoms with E-state index in [1.54, 1.807) is 19.1 Å². The van der Waals surface area contributed by atoms with Gasteiger partial charge >= 0.3 is 5.97 Å². The number of piperidine rings is 1. The third-order valence-corrected chi connectivity index (χ3v) is 5.83. The lowest BCUT2D eigenvalue weighted by Gasteiger charge is -2.35. The Morgan fingerprint density at radius 3 is 2.43 bits per heavy atom. The summed E-state index contributed by atoms with van der Waals surface area (Å²) in [4.78, 5) is 11.3. The highest BCUT2D eigenvalue weighted by atomic mass is 32.2. The summed E-state index contributed by atoms with van der Waals surface area (Å²) in [7, 11) is -2.18. The lowest BCUT2D eigenvalue weighted by molar-refractivity contribution is -0.143. The van der Waals surface area contributed by atoms with E-state index in [-0.39, 0.29) is 17.5 Å². The molecule has 0 aromatic heterocycles. The van der Waals surface area contributed by atoms with Crippen LogP contribution in [0.4, 0.5) is 0 Å². The fourth-order valence-corrected chi connectivity index (χ4v) is 4.20. The summed E-state index contributed by atoms with van der Waals surface area (Å²) < 4.78 is 31.6. The number of rotatable bonds is 4. The van der Waals surface area contributed by atoms with E-state index in [1.807, 2.05) is 0 Å². The number of carboxylic acid groups (broad SMARTS) is 1. The zero-order valence-electron chi connectivity index (χ0n) is 12.0. The summed E-state index contributed by atoms with van der Waals surface area (Å²) in [5, 5.41) is 9.11. The molecule has 0 spiro atoms. The minimum Gasteiger partial charge on any atom is -0.497 e. The molecule has 6 nitrogen and oxygen atoms in total. The summed E-state index contributed by atoms with van der Waals surface area (Å²) in [5.74, 6) is -1.02. The average molecular weight is 313 g/mol. The van der Waals surface area contributed by atoms with Gasteiger partial charge in [-0.15, -0.1) is 0 Å². The van der Waals surface area contributed by atoms with Crippen LogP contribution in [-0.4, -0.2) is 43.5 Å². The molecule has 0 radical (unpaired) electrons. The molecule has 1 aromatic carbocycles. The molecule has 1 N–H and O–H groups in total. The molecule has 2 unspecified atom stereocenters. The summed E-state index contributed by atoms with van der Waals surface area (Å²) >= 11 is 0. The number of benzene rings is 1. The normalized spacial score (nSPS) is 23.7. The Morgan fingerprint density at radius 1 is 1.29 bits per heavy atom. The molecular weight excluding hydrogens is 294 g/mol. The SMILES string of the molecule is COc1ccc(S(=O)(=O)N2CC(C(=O)O)CCC2C)cc1. The van der Waals surface area contributed by atoms with E-state index >= 15 is 0 Å². The van der Waals surface area contributed by atoms with Crippen LogP contribution in [0.15, 0.2) is 29.2 Å². The van der Waals surface area contributed by atoms with Crippen molar-refractivity contribution >= 4 is 16.0 Å². The number of hydrogen-bond donors (Lipinski definition) is 1. The molecule has 1 aromatic rings. The molecule has 0 amide bonds. The molecule has 7 heteroatoms. The number of carboxylic acids is 1. The second-order valence-electron chi connectivity index (χ2n) is 5.21. The van der Waals surface area contributed by atoms with Gasteiger partial charge in [0.25, 0.3) is 0 Å². The van der Waals surface area contributed by atoms with E-state index in [2.05, 4.69) is 0 Å². The Morgan fingerprint density at radius 2 is 1.90 bits per heavy atom. The molecule has 0 saturated carbocycles. The van der Waals surface area contributed by atoms with Crippen LogP contribution in [0, 0.1) is 5.92 Å². The summed E-state index contributed by atoms with van der Waals surface area (Å²) in [6.07, 6.45) is 1.05. The lowest BCUT2D eigenvalue weighted by atomic mass is 9.96. The summed E-state index contributed by atoms with van der Waals surface area (Å²) in [5.41, 5.74) is 0. The topological polar surface area (TPSA) is 83.9 Å². The van der Waals surface area contributed by atoms with E-state index in [4.69, 9.17) is 9.84 Å². The van der Waals surface area contributed by atoms with E-state index in [1.165, 1.54) is 23.5 Å². The van der Waals surface area contributed by atoms with Gasteiger partial charge in [0.1, 0.15) is 5.75 Å². The van der Waals surface area contributed by atoms with Crippen molar-refractivity contribution in [3.63, 3.8) is 0 Å². The van der Waals surface area contributed by atoms with Gasteiger partial charge in [-0.3, -0.25) is 4.79 Å². The van der Waals surface area contributed by atoms with Gasteiger partial charge in [-0.1, -0.05) is 0 Å². The van der Waals surface area contributed by atoms with E-state index < -0.39 is 21.9 Å². The number of carbonyl (C=O) groups is 1. The lowest BCUT2D eigenvalue weighted by Crippen LogP contribution is -2.47. The average Bonchev–Trinajstić information content (AvgIpc) is 2.47. The number of methoxy groups -OCH3 is 1. The van der Waals surface area contributed by atoms with Crippen LogP contribution in [0.25, 0.3) is 0 Å². The highest BCUT2D eigenvalue weighted by Gasteiger charge is 2.37. The third-order valence-electron chi connectivity index (χ3n) is 3.84. The van der Waals surface area contributed by atoms with Crippen molar-refractivity contribution in [3.05, 3.63) is 24.3 Å². The number of ether oxygens (including phenoxy) is 1. The van der Waals surface area contributed by atoms with Crippen molar-refractivity contribution in [2.75, 3.05) is 13.7 Å². The van der Waals surface area contributed by atoms with Gasteiger partial charge in [-0.2, -0.15) is 4.31 Å². The van der Waals surface area contributed by atoms with Crippen molar-refractivity contribution < 1.29 is 23.1 Å².